The van der Waals surface area contributed by atoms with E-state index in [4.69, 9.17) is 17.3 Å². The van der Waals surface area contributed by atoms with Crippen molar-refractivity contribution >= 4 is 17.3 Å². The van der Waals surface area contributed by atoms with Gasteiger partial charge in [-0.15, -0.1) is 0 Å². The second-order valence-corrected chi connectivity index (χ2v) is 1.73. The quantitative estimate of drug-likeness (QED) is 0.534. The summed E-state index contributed by atoms with van der Waals surface area (Å²) in [5, 5.41) is 0.507. The van der Waals surface area contributed by atoms with Gasteiger partial charge in [-0.2, -0.15) is 0 Å². The Hall–Kier alpha value is -0.500. The molecular weight excluding hydrogens is 124 g/mol. The molecule has 0 atom stereocenters. The van der Waals surface area contributed by atoms with E-state index in [2.05, 4.69) is 4.99 Å². The molecule has 0 aromatic rings. The first-order valence-corrected chi connectivity index (χ1v) is 2.61. The molecule has 0 spiro atoms. The summed E-state index contributed by atoms with van der Waals surface area (Å²) in [6.45, 7) is 1.80. The number of nitrogens with two attached hydrogens (primary N) is 1. The molecule has 2 nitrogen and oxygen atoms in total. The number of hydrogen-bond donors (Lipinski definition) is 1. The molecule has 0 aliphatic heterocycles. The highest BCUT2D eigenvalue weighted by Crippen LogP contribution is 1.99. The summed E-state index contributed by atoms with van der Waals surface area (Å²) in [4.78, 5) is 3.80. The second-order valence-electron chi connectivity index (χ2n) is 1.32. The largest absolute Gasteiger partial charge is 0.403 e. The van der Waals surface area contributed by atoms with Crippen LogP contribution in [0.1, 0.15) is 6.92 Å². The molecule has 0 heterocycles. The molecule has 0 aromatic heterocycles. The lowest BCUT2D eigenvalue weighted by atomic mass is 10.4. The first kappa shape index (κ1) is 7.50. The molecule has 0 unspecified atom stereocenters. The number of hydrogen-bond acceptors (Lipinski definition) is 2. The molecule has 0 aliphatic rings. The molecule has 0 rings (SSSR count). The Balaban J connectivity index is 4.04. The van der Waals surface area contributed by atoms with Gasteiger partial charge in [0, 0.05) is 13.2 Å². The van der Waals surface area contributed by atoms with Crippen molar-refractivity contribution in [1.82, 2.24) is 0 Å². The van der Waals surface area contributed by atoms with Gasteiger partial charge in [-0.25, -0.2) is 0 Å². The maximum Gasteiger partial charge on any atom is 0.0767 e. The minimum atomic E-state index is 0.507. The maximum atomic E-state index is 5.52. The zero-order valence-corrected chi connectivity index (χ0v) is 5.74. The summed E-state index contributed by atoms with van der Waals surface area (Å²) in [7, 11) is 1.67. The van der Waals surface area contributed by atoms with Crippen molar-refractivity contribution in [3.8, 4) is 0 Å². The summed E-state index contributed by atoms with van der Waals surface area (Å²) in [5.41, 5.74) is 5.83. The van der Waals surface area contributed by atoms with Gasteiger partial charge < -0.3 is 5.73 Å². The SMILES string of the molecule is CN=C(C)/C(Cl)=C\N. The fraction of sp³-hybridized carbons (Fsp3) is 0.400. The van der Waals surface area contributed by atoms with Gasteiger partial charge in [0.15, 0.2) is 0 Å². The van der Waals surface area contributed by atoms with Crippen LogP contribution in [-0.2, 0) is 0 Å². The molecule has 46 valence electrons. The molecule has 0 aliphatic carbocycles. The first-order valence-electron chi connectivity index (χ1n) is 2.23. The van der Waals surface area contributed by atoms with Crippen molar-refractivity contribution in [2.24, 2.45) is 10.7 Å². The zero-order valence-electron chi connectivity index (χ0n) is 4.98. The minimum Gasteiger partial charge on any atom is -0.403 e. The van der Waals surface area contributed by atoms with E-state index in [1.807, 2.05) is 0 Å². The minimum absolute atomic E-state index is 0.507. The van der Waals surface area contributed by atoms with E-state index < -0.39 is 0 Å². The van der Waals surface area contributed by atoms with Gasteiger partial charge in [-0.1, -0.05) is 11.6 Å². The highest BCUT2D eigenvalue weighted by Gasteiger charge is 1.90. The van der Waals surface area contributed by atoms with Crippen molar-refractivity contribution in [2.45, 2.75) is 6.92 Å². The van der Waals surface area contributed by atoms with Crippen molar-refractivity contribution in [3.05, 3.63) is 11.2 Å². The van der Waals surface area contributed by atoms with E-state index in [0.29, 0.717) is 5.03 Å². The van der Waals surface area contributed by atoms with Crippen LogP contribution in [0.4, 0.5) is 0 Å². The van der Waals surface area contributed by atoms with E-state index >= 15 is 0 Å². The molecular formula is C5H9ClN2. The molecule has 2 N–H and O–H groups in total. The standard InChI is InChI=1S/C5H9ClN2/c1-4(8-2)5(6)3-7/h3H,7H2,1-2H3/b5-3+,8-4?. The summed E-state index contributed by atoms with van der Waals surface area (Å²) < 4.78 is 0. The molecule has 0 saturated carbocycles. The van der Waals surface area contributed by atoms with E-state index in [0.717, 1.165) is 5.71 Å². The van der Waals surface area contributed by atoms with Gasteiger partial charge in [0.25, 0.3) is 0 Å². The van der Waals surface area contributed by atoms with Crippen LogP contribution in [0.3, 0.4) is 0 Å². The number of allylic oxidation sites excluding steroid dienone is 1. The topological polar surface area (TPSA) is 38.4 Å². The summed E-state index contributed by atoms with van der Waals surface area (Å²) in [6, 6.07) is 0. The Labute approximate surface area is 54.0 Å². The third kappa shape index (κ3) is 1.98. The van der Waals surface area contributed by atoms with Gasteiger partial charge in [0.2, 0.25) is 0 Å². The van der Waals surface area contributed by atoms with Crippen LogP contribution < -0.4 is 5.73 Å². The van der Waals surface area contributed by atoms with E-state index in [-0.39, 0.29) is 0 Å². The molecule has 0 aromatic carbocycles. The Bertz CT molecular complexity index is 110. The molecule has 0 amide bonds. The van der Waals surface area contributed by atoms with Crippen LogP contribution >= 0.6 is 11.6 Å². The second kappa shape index (κ2) is 3.50. The predicted octanol–water partition coefficient (Wildman–Crippen LogP) is 1.12. The van der Waals surface area contributed by atoms with Crippen LogP contribution in [0.15, 0.2) is 16.2 Å². The smallest absolute Gasteiger partial charge is 0.0767 e. The van der Waals surface area contributed by atoms with Crippen LogP contribution in [0.5, 0.6) is 0 Å². The van der Waals surface area contributed by atoms with Gasteiger partial charge >= 0.3 is 0 Å². The highest BCUT2D eigenvalue weighted by molar-refractivity contribution is 6.43. The maximum absolute atomic E-state index is 5.52. The van der Waals surface area contributed by atoms with E-state index in [1.54, 1.807) is 14.0 Å². The third-order valence-electron chi connectivity index (χ3n) is 0.827. The Morgan fingerprint density at radius 3 is 2.38 bits per heavy atom. The third-order valence-corrected chi connectivity index (χ3v) is 1.23. The van der Waals surface area contributed by atoms with E-state index in [9.17, 15) is 0 Å². The Morgan fingerprint density at radius 1 is 1.75 bits per heavy atom. The van der Waals surface area contributed by atoms with Crippen molar-refractivity contribution in [1.29, 1.82) is 0 Å². The van der Waals surface area contributed by atoms with Gasteiger partial charge in [-0.3, -0.25) is 4.99 Å². The fourth-order valence-electron chi connectivity index (χ4n) is 0.227. The van der Waals surface area contributed by atoms with Gasteiger partial charge in [0.05, 0.1) is 10.7 Å². The number of halogens is 1. The average Bonchev–Trinajstić information content (AvgIpc) is 1.84. The number of nitrogens with zero attached hydrogens (tertiary/aromatic N) is 1. The van der Waals surface area contributed by atoms with Crippen molar-refractivity contribution < 1.29 is 0 Å². The van der Waals surface area contributed by atoms with Crippen molar-refractivity contribution in [2.75, 3.05) is 7.05 Å². The predicted molar refractivity (Wildman–Crippen MR) is 37.2 cm³/mol. The zero-order chi connectivity index (χ0) is 6.57. The van der Waals surface area contributed by atoms with Crippen molar-refractivity contribution in [3.63, 3.8) is 0 Å². The molecule has 0 fully saturated rings. The highest BCUT2D eigenvalue weighted by atomic mass is 35.5. The summed E-state index contributed by atoms with van der Waals surface area (Å²) in [5.74, 6) is 0. The van der Waals surface area contributed by atoms with Crippen LogP contribution in [0.2, 0.25) is 0 Å². The number of aliphatic imine (C=N–C) groups is 1. The molecule has 0 radical (unpaired) electrons. The molecule has 8 heavy (non-hydrogen) atoms. The van der Waals surface area contributed by atoms with Gasteiger partial charge in [0.1, 0.15) is 0 Å². The fourth-order valence-corrected chi connectivity index (χ4v) is 0.312. The lowest BCUT2D eigenvalue weighted by Crippen LogP contribution is -1.93. The molecule has 3 heteroatoms. The molecule has 0 bridgehead atoms. The van der Waals surface area contributed by atoms with Gasteiger partial charge in [-0.05, 0) is 6.92 Å². The lowest BCUT2D eigenvalue weighted by molar-refractivity contribution is 1.42. The summed E-state index contributed by atoms with van der Waals surface area (Å²) in [6.07, 6.45) is 1.32. The Morgan fingerprint density at radius 2 is 2.25 bits per heavy atom. The average molecular weight is 133 g/mol. The van der Waals surface area contributed by atoms with Crippen LogP contribution in [-0.4, -0.2) is 12.8 Å². The Kier molecular flexibility index (Phi) is 3.28. The normalized spacial score (nSPS) is 14.4. The van der Waals surface area contributed by atoms with E-state index in [1.165, 1.54) is 6.20 Å². The lowest BCUT2D eigenvalue weighted by Gasteiger charge is -1.90. The first-order chi connectivity index (χ1) is 3.72. The number of rotatable bonds is 1. The van der Waals surface area contributed by atoms with Crippen LogP contribution in [0, 0.1) is 0 Å². The van der Waals surface area contributed by atoms with Crippen LogP contribution in [0.25, 0.3) is 0 Å². The molecule has 0 saturated heterocycles. The summed E-state index contributed by atoms with van der Waals surface area (Å²) >= 11 is 5.52. The monoisotopic (exact) mass is 132 g/mol.